The first-order valence-corrected chi connectivity index (χ1v) is 11.0. The van der Waals surface area contributed by atoms with E-state index in [-0.39, 0.29) is 11.5 Å². The fourth-order valence-electron chi connectivity index (χ4n) is 3.74. The zero-order valence-corrected chi connectivity index (χ0v) is 18.0. The van der Waals surface area contributed by atoms with Crippen LogP contribution >= 0.6 is 11.3 Å². The van der Waals surface area contributed by atoms with Gasteiger partial charge in [-0.15, -0.1) is 5.10 Å². The van der Waals surface area contributed by atoms with Gasteiger partial charge in [0.1, 0.15) is 10.3 Å². The summed E-state index contributed by atoms with van der Waals surface area (Å²) in [5.74, 6) is 1.09. The van der Waals surface area contributed by atoms with Gasteiger partial charge in [0.2, 0.25) is 4.96 Å². The summed E-state index contributed by atoms with van der Waals surface area (Å²) in [6, 6.07) is 15.0. The van der Waals surface area contributed by atoms with Gasteiger partial charge in [0, 0.05) is 17.7 Å². The molecule has 0 N–H and O–H groups in total. The first-order valence-electron chi connectivity index (χ1n) is 10.2. The van der Waals surface area contributed by atoms with E-state index in [0.717, 1.165) is 29.0 Å². The predicted octanol–water partition coefficient (Wildman–Crippen LogP) is 2.89. The number of para-hydroxylation sites is 1. The van der Waals surface area contributed by atoms with Crippen molar-refractivity contribution in [3.05, 3.63) is 69.0 Å². The predicted molar refractivity (Wildman–Crippen MR) is 121 cm³/mol. The summed E-state index contributed by atoms with van der Waals surface area (Å²) in [5, 5.41) is 4.41. The maximum absolute atomic E-state index is 13.1. The van der Waals surface area contributed by atoms with Gasteiger partial charge in [-0.3, -0.25) is 9.59 Å². The van der Waals surface area contributed by atoms with Gasteiger partial charge in [0.05, 0.1) is 17.9 Å². The SMILES string of the molecule is CCCOc1ccc(-c2nc3sc(=C4C(=O)N(CC)c5ccccc54)c(=O)n3n2)cc1. The first-order chi connectivity index (χ1) is 15.1. The van der Waals surface area contributed by atoms with E-state index in [0.29, 0.717) is 34.0 Å². The summed E-state index contributed by atoms with van der Waals surface area (Å²) in [5.41, 5.74) is 2.51. The molecule has 0 unspecified atom stereocenters. The minimum atomic E-state index is -0.322. The number of thiazole rings is 1. The van der Waals surface area contributed by atoms with Crippen LogP contribution in [-0.2, 0) is 4.79 Å². The Balaban J connectivity index is 1.60. The maximum Gasteiger partial charge on any atom is 0.291 e. The molecule has 0 saturated carbocycles. The van der Waals surface area contributed by atoms with Crippen LogP contribution in [0.4, 0.5) is 5.69 Å². The molecule has 156 valence electrons. The molecule has 1 aliphatic heterocycles. The van der Waals surface area contributed by atoms with Crippen LogP contribution in [0.1, 0.15) is 25.8 Å². The molecule has 0 fully saturated rings. The van der Waals surface area contributed by atoms with Gasteiger partial charge in [0.15, 0.2) is 5.82 Å². The first kappa shape index (κ1) is 19.4. The molecule has 0 atom stereocenters. The molecule has 0 radical (unpaired) electrons. The van der Waals surface area contributed by atoms with E-state index in [1.54, 1.807) is 4.90 Å². The van der Waals surface area contributed by atoms with Gasteiger partial charge in [0.25, 0.3) is 11.5 Å². The number of nitrogens with zero attached hydrogens (tertiary/aromatic N) is 4. The van der Waals surface area contributed by atoms with Gasteiger partial charge >= 0.3 is 0 Å². The average molecular weight is 433 g/mol. The van der Waals surface area contributed by atoms with Crippen molar-refractivity contribution in [2.24, 2.45) is 0 Å². The number of ether oxygens (including phenoxy) is 1. The molecule has 0 saturated heterocycles. The molecule has 1 amide bonds. The van der Waals surface area contributed by atoms with Crippen molar-refractivity contribution in [1.82, 2.24) is 14.6 Å². The van der Waals surface area contributed by atoms with Crippen molar-refractivity contribution in [3.63, 3.8) is 0 Å². The quantitative estimate of drug-likeness (QED) is 0.485. The second kappa shape index (κ2) is 7.63. The molecule has 8 heteroatoms. The van der Waals surface area contributed by atoms with Crippen molar-refractivity contribution < 1.29 is 9.53 Å². The lowest BCUT2D eigenvalue weighted by atomic mass is 10.1. The minimum Gasteiger partial charge on any atom is -0.494 e. The zero-order chi connectivity index (χ0) is 21.5. The van der Waals surface area contributed by atoms with Crippen LogP contribution in [0.15, 0.2) is 53.3 Å². The van der Waals surface area contributed by atoms with Gasteiger partial charge in [-0.2, -0.15) is 9.50 Å². The fourth-order valence-corrected chi connectivity index (χ4v) is 4.74. The molecule has 7 nitrogen and oxygen atoms in total. The van der Waals surface area contributed by atoms with Gasteiger partial charge in [-0.05, 0) is 43.7 Å². The second-order valence-electron chi connectivity index (χ2n) is 7.18. The summed E-state index contributed by atoms with van der Waals surface area (Å²) in [6.45, 7) is 5.18. The molecular weight excluding hydrogens is 412 g/mol. The van der Waals surface area contributed by atoms with Crippen molar-refractivity contribution in [1.29, 1.82) is 0 Å². The molecule has 31 heavy (non-hydrogen) atoms. The minimum absolute atomic E-state index is 0.159. The monoisotopic (exact) mass is 432 g/mol. The van der Waals surface area contributed by atoms with Crippen LogP contribution < -0.4 is 19.7 Å². The molecule has 1 aliphatic rings. The van der Waals surface area contributed by atoms with Gasteiger partial charge in [-0.25, -0.2) is 0 Å². The largest absolute Gasteiger partial charge is 0.494 e. The van der Waals surface area contributed by atoms with E-state index in [4.69, 9.17) is 4.74 Å². The number of carbonyl (C=O) groups excluding carboxylic acids is 1. The highest BCUT2D eigenvalue weighted by Gasteiger charge is 2.33. The van der Waals surface area contributed by atoms with Crippen LogP contribution in [0.25, 0.3) is 21.9 Å². The normalized spacial score (nSPS) is 15.0. The lowest BCUT2D eigenvalue weighted by Crippen LogP contribution is -2.32. The number of likely N-dealkylation sites (N-methyl/N-ethyl adjacent to an activating group) is 1. The van der Waals surface area contributed by atoms with Crippen LogP contribution in [0, 0.1) is 0 Å². The number of amides is 1. The van der Waals surface area contributed by atoms with E-state index in [2.05, 4.69) is 17.0 Å². The Hall–Kier alpha value is -3.52. The number of benzene rings is 2. The molecule has 4 aromatic rings. The number of anilines is 1. The van der Waals surface area contributed by atoms with E-state index >= 15 is 0 Å². The highest BCUT2D eigenvalue weighted by Crippen LogP contribution is 2.34. The highest BCUT2D eigenvalue weighted by molar-refractivity contribution is 7.15. The smallest absolute Gasteiger partial charge is 0.291 e. The highest BCUT2D eigenvalue weighted by atomic mass is 32.1. The van der Waals surface area contributed by atoms with Crippen molar-refractivity contribution >= 4 is 33.5 Å². The maximum atomic E-state index is 13.1. The van der Waals surface area contributed by atoms with Crippen LogP contribution in [0.3, 0.4) is 0 Å². The Bertz CT molecular complexity index is 1410. The summed E-state index contributed by atoms with van der Waals surface area (Å²) in [4.78, 5) is 32.9. The number of hydrogen-bond acceptors (Lipinski definition) is 6. The number of rotatable bonds is 5. The Labute approximate surface area is 182 Å². The molecule has 0 bridgehead atoms. The van der Waals surface area contributed by atoms with Gasteiger partial charge < -0.3 is 9.64 Å². The topological polar surface area (TPSA) is 76.8 Å². The lowest BCUT2D eigenvalue weighted by Gasteiger charge is -2.13. The third-order valence-electron chi connectivity index (χ3n) is 5.21. The van der Waals surface area contributed by atoms with Crippen LogP contribution in [0.2, 0.25) is 0 Å². The summed E-state index contributed by atoms with van der Waals surface area (Å²) >= 11 is 1.20. The van der Waals surface area contributed by atoms with Crippen LogP contribution in [0.5, 0.6) is 5.75 Å². The summed E-state index contributed by atoms with van der Waals surface area (Å²) < 4.78 is 7.27. The molecular formula is C23H20N4O3S. The van der Waals surface area contributed by atoms with E-state index in [1.807, 2.05) is 55.5 Å². The fraction of sp³-hybridized carbons (Fsp3) is 0.217. The molecule has 2 aromatic heterocycles. The number of carbonyl (C=O) groups is 1. The third-order valence-corrected chi connectivity index (χ3v) is 6.24. The lowest BCUT2D eigenvalue weighted by molar-refractivity contribution is -0.113. The van der Waals surface area contributed by atoms with Gasteiger partial charge in [-0.1, -0.05) is 36.5 Å². The van der Waals surface area contributed by atoms with E-state index in [9.17, 15) is 9.59 Å². The number of aromatic nitrogens is 3. The van der Waals surface area contributed by atoms with E-state index in [1.165, 1.54) is 15.9 Å². The Morgan fingerprint density at radius 3 is 2.52 bits per heavy atom. The third kappa shape index (κ3) is 3.11. The Morgan fingerprint density at radius 2 is 1.81 bits per heavy atom. The molecule has 0 aliphatic carbocycles. The van der Waals surface area contributed by atoms with Crippen LogP contribution in [-0.4, -0.2) is 33.7 Å². The molecule has 2 aromatic carbocycles. The number of hydrogen-bond donors (Lipinski definition) is 0. The summed E-state index contributed by atoms with van der Waals surface area (Å²) in [6.07, 6.45) is 0.942. The standard InChI is InChI=1S/C23H20N4O3S/c1-3-13-30-15-11-9-14(10-12-15)20-24-23-27(25-20)22(29)19(31-23)18-16-7-5-6-8-17(16)26(4-2)21(18)28/h5-12H,3-4,13H2,1-2H3. The molecule has 5 rings (SSSR count). The Kier molecular flexibility index (Phi) is 4.78. The van der Waals surface area contributed by atoms with Crippen molar-refractivity contribution in [3.8, 4) is 17.1 Å². The zero-order valence-electron chi connectivity index (χ0n) is 17.2. The van der Waals surface area contributed by atoms with E-state index < -0.39 is 0 Å². The van der Waals surface area contributed by atoms with Crippen molar-refractivity contribution in [2.45, 2.75) is 20.3 Å². The Morgan fingerprint density at radius 1 is 1.03 bits per heavy atom. The number of fused-ring (bicyclic) bond motifs is 2. The molecule has 0 spiro atoms. The second-order valence-corrected chi connectivity index (χ2v) is 8.16. The van der Waals surface area contributed by atoms with Crippen molar-refractivity contribution in [2.75, 3.05) is 18.1 Å². The average Bonchev–Trinajstić information content (AvgIpc) is 3.42. The summed E-state index contributed by atoms with van der Waals surface area (Å²) in [7, 11) is 0. The molecule has 3 heterocycles.